The number of rotatable bonds is 2. The molecule has 1 rings (SSSR count). The standard InChI is InChI=1S/C9H13N2/c1-5-8-9(6-2)11(4)7-10(8)3/h5-7H,1-2H2,3-4H3/q+1. The van der Waals surface area contributed by atoms with E-state index in [-0.39, 0.29) is 0 Å². The van der Waals surface area contributed by atoms with E-state index in [1.807, 2.05) is 41.7 Å². The maximum Gasteiger partial charge on any atom is 0.244 e. The Morgan fingerprint density at radius 2 is 2.09 bits per heavy atom. The van der Waals surface area contributed by atoms with Gasteiger partial charge in [0.1, 0.15) is 0 Å². The summed E-state index contributed by atoms with van der Waals surface area (Å²) < 4.78 is 4.04. The van der Waals surface area contributed by atoms with Crippen LogP contribution in [0, 0.1) is 0 Å². The maximum absolute atomic E-state index is 3.73. The highest BCUT2D eigenvalue weighted by Gasteiger charge is 2.11. The number of hydrogen-bond acceptors (Lipinski definition) is 0. The number of hydrogen-bond donors (Lipinski definition) is 0. The molecule has 0 bridgehead atoms. The van der Waals surface area contributed by atoms with Gasteiger partial charge in [0, 0.05) is 0 Å². The fourth-order valence-electron chi connectivity index (χ4n) is 1.24. The van der Waals surface area contributed by atoms with E-state index in [2.05, 4.69) is 13.2 Å². The summed E-state index contributed by atoms with van der Waals surface area (Å²) in [4.78, 5) is 0. The maximum atomic E-state index is 3.73. The molecule has 1 aromatic heterocycles. The van der Waals surface area contributed by atoms with Gasteiger partial charge < -0.3 is 0 Å². The van der Waals surface area contributed by atoms with Gasteiger partial charge in [0.15, 0.2) is 11.4 Å². The quantitative estimate of drug-likeness (QED) is 0.557. The summed E-state index contributed by atoms with van der Waals surface area (Å²) in [5.74, 6) is 0. The highest BCUT2D eigenvalue weighted by Crippen LogP contribution is 2.05. The predicted molar refractivity (Wildman–Crippen MR) is 46.8 cm³/mol. The third-order valence-corrected chi connectivity index (χ3v) is 1.76. The molecular weight excluding hydrogens is 136 g/mol. The highest BCUT2D eigenvalue weighted by molar-refractivity contribution is 5.55. The zero-order chi connectivity index (χ0) is 8.43. The molecule has 0 radical (unpaired) electrons. The Hall–Kier alpha value is -1.31. The third-order valence-electron chi connectivity index (χ3n) is 1.76. The molecule has 0 saturated heterocycles. The van der Waals surface area contributed by atoms with Gasteiger partial charge in [0.05, 0.1) is 14.1 Å². The first-order chi connectivity index (χ1) is 5.20. The Bertz CT molecular complexity index is 266. The second-order valence-corrected chi connectivity index (χ2v) is 2.52. The van der Waals surface area contributed by atoms with Crippen molar-refractivity contribution in [1.82, 2.24) is 4.57 Å². The molecule has 0 aliphatic rings. The second-order valence-electron chi connectivity index (χ2n) is 2.52. The van der Waals surface area contributed by atoms with E-state index in [0.717, 1.165) is 11.4 Å². The van der Waals surface area contributed by atoms with Crippen molar-refractivity contribution < 1.29 is 4.57 Å². The lowest BCUT2D eigenvalue weighted by Gasteiger charge is -1.87. The van der Waals surface area contributed by atoms with E-state index in [9.17, 15) is 0 Å². The summed E-state index contributed by atoms with van der Waals surface area (Å²) in [7, 11) is 3.98. The van der Waals surface area contributed by atoms with Gasteiger partial charge in [0.25, 0.3) is 0 Å². The molecule has 0 aliphatic carbocycles. The number of aryl methyl sites for hydroxylation is 2. The van der Waals surface area contributed by atoms with E-state index in [4.69, 9.17) is 0 Å². The van der Waals surface area contributed by atoms with Gasteiger partial charge in [-0.3, -0.25) is 0 Å². The van der Waals surface area contributed by atoms with E-state index < -0.39 is 0 Å². The zero-order valence-corrected chi connectivity index (χ0v) is 7.04. The first-order valence-electron chi connectivity index (χ1n) is 3.50. The van der Waals surface area contributed by atoms with Crippen molar-refractivity contribution in [2.45, 2.75) is 0 Å². The smallest absolute Gasteiger partial charge is 0.233 e. The molecule has 1 heterocycles. The average molecular weight is 149 g/mol. The molecule has 0 N–H and O–H groups in total. The Balaban J connectivity index is 3.39. The Labute approximate surface area is 67.1 Å². The first kappa shape index (κ1) is 7.79. The van der Waals surface area contributed by atoms with Crippen LogP contribution < -0.4 is 4.57 Å². The molecular formula is C9H13N2+. The highest BCUT2D eigenvalue weighted by atomic mass is 15.1. The molecule has 0 unspecified atom stereocenters. The fourth-order valence-corrected chi connectivity index (χ4v) is 1.24. The summed E-state index contributed by atoms with van der Waals surface area (Å²) in [6, 6.07) is 0. The van der Waals surface area contributed by atoms with Gasteiger partial charge in [-0.2, -0.15) is 0 Å². The van der Waals surface area contributed by atoms with Crippen molar-refractivity contribution in [2.24, 2.45) is 14.1 Å². The van der Waals surface area contributed by atoms with E-state index in [1.165, 1.54) is 0 Å². The van der Waals surface area contributed by atoms with Crippen LogP contribution in [0.15, 0.2) is 19.5 Å². The minimum Gasteiger partial charge on any atom is -0.233 e. The lowest BCUT2D eigenvalue weighted by molar-refractivity contribution is -0.672. The second kappa shape index (κ2) is 2.74. The van der Waals surface area contributed by atoms with Crippen LogP contribution >= 0.6 is 0 Å². The number of nitrogens with zero attached hydrogens (tertiary/aromatic N) is 2. The van der Waals surface area contributed by atoms with E-state index in [0.29, 0.717) is 0 Å². The molecule has 2 heteroatoms. The van der Waals surface area contributed by atoms with E-state index >= 15 is 0 Å². The van der Waals surface area contributed by atoms with Gasteiger partial charge in [0.2, 0.25) is 6.33 Å². The summed E-state index contributed by atoms with van der Waals surface area (Å²) in [5.41, 5.74) is 2.20. The van der Waals surface area contributed by atoms with E-state index in [1.54, 1.807) is 0 Å². The van der Waals surface area contributed by atoms with Crippen molar-refractivity contribution in [3.8, 4) is 0 Å². The monoisotopic (exact) mass is 149 g/mol. The normalized spacial score (nSPS) is 9.64. The molecule has 2 nitrogen and oxygen atoms in total. The zero-order valence-electron chi connectivity index (χ0n) is 7.04. The minimum absolute atomic E-state index is 1.10. The van der Waals surface area contributed by atoms with Gasteiger partial charge in [-0.15, -0.1) is 0 Å². The number of aromatic nitrogens is 2. The minimum atomic E-state index is 1.10. The summed E-state index contributed by atoms with van der Waals surface area (Å²) >= 11 is 0. The van der Waals surface area contributed by atoms with Gasteiger partial charge >= 0.3 is 0 Å². The van der Waals surface area contributed by atoms with Crippen LogP contribution in [-0.2, 0) is 14.1 Å². The summed E-state index contributed by atoms with van der Waals surface area (Å²) in [5, 5.41) is 0. The SMILES string of the molecule is C=Cc1c(C=C)[n+](C)cn1C. The molecule has 0 saturated carbocycles. The Morgan fingerprint density at radius 3 is 2.45 bits per heavy atom. The molecule has 0 aromatic carbocycles. The number of imidazole rings is 1. The Morgan fingerprint density at radius 1 is 1.45 bits per heavy atom. The van der Waals surface area contributed by atoms with Crippen LogP contribution in [0.1, 0.15) is 11.4 Å². The van der Waals surface area contributed by atoms with Crippen molar-refractivity contribution in [2.75, 3.05) is 0 Å². The third kappa shape index (κ3) is 1.11. The van der Waals surface area contributed by atoms with Gasteiger partial charge in [-0.1, -0.05) is 13.2 Å². The van der Waals surface area contributed by atoms with Crippen molar-refractivity contribution in [3.05, 3.63) is 30.9 Å². The first-order valence-corrected chi connectivity index (χ1v) is 3.50. The summed E-state index contributed by atoms with van der Waals surface area (Å²) in [6.45, 7) is 7.46. The topological polar surface area (TPSA) is 8.81 Å². The van der Waals surface area contributed by atoms with Crippen LogP contribution in [0.2, 0.25) is 0 Å². The molecule has 0 fully saturated rings. The van der Waals surface area contributed by atoms with Crippen molar-refractivity contribution >= 4 is 12.2 Å². The van der Waals surface area contributed by atoms with Crippen LogP contribution in [0.5, 0.6) is 0 Å². The van der Waals surface area contributed by atoms with Crippen LogP contribution in [0.3, 0.4) is 0 Å². The van der Waals surface area contributed by atoms with Crippen LogP contribution in [0.25, 0.3) is 12.2 Å². The summed E-state index contributed by atoms with van der Waals surface area (Å²) in [6.07, 6.45) is 5.65. The lowest BCUT2D eigenvalue weighted by atomic mass is 10.3. The van der Waals surface area contributed by atoms with Crippen LogP contribution in [-0.4, -0.2) is 4.57 Å². The lowest BCUT2D eigenvalue weighted by Crippen LogP contribution is -2.28. The van der Waals surface area contributed by atoms with Crippen molar-refractivity contribution in [3.63, 3.8) is 0 Å². The molecule has 1 aromatic rings. The molecule has 0 amide bonds. The molecule has 0 atom stereocenters. The largest absolute Gasteiger partial charge is 0.244 e. The molecule has 58 valence electrons. The van der Waals surface area contributed by atoms with Crippen molar-refractivity contribution in [1.29, 1.82) is 0 Å². The fraction of sp³-hybridized carbons (Fsp3) is 0.222. The molecule has 0 aliphatic heterocycles. The van der Waals surface area contributed by atoms with Gasteiger partial charge in [-0.05, 0) is 12.2 Å². The molecule has 11 heavy (non-hydrogen) atoms. The Kier molecular flexibility index (Phi) is 1.94. The van der Waals surface area contributed by atoms with Gasteiger partial charge in [-0.25, -0.2) is 9.13 Å². The van der Waals surface area contributed by atoms with Crippen LogP contribution in [0.4, 0.5) is 0 Å². The predicted octanol–water partition coefficient (Wildman–Crippen LogP) is 1.14. The average Bonchev–Trinajstić information content (AvgIpc) is 2.24. The molecule has 0 spiro atoms.